The van der Waals surface area contributed by atoms with E-state index in [2.05, 4.69) is 17.2 Å². The van der Waals surface area contributed by atoms with E-state index >= 15 is 0 Å². The summed E-state index contributed by atoms with van der Waals surface area (Å²) < 4.78 is 1.65. The number of H-pyrrole nitrogens is 1. The van der Waals surface area contributed by atoms with Crippen molar-refractivity contribution in [2.24, 2.45) is 0 Å². The predicted molar refractivity (Wildman–Crippen MR) is 136 cm³/mol. The number of ketones is 1. The molecule has 0 aliphatic carbocycles. The average molecular weight is 475 g/mol. The van der Waals surface area contributed by atoms with E-state index in [4.69, 9.17) is 4.98 Å². The Kier molecular flexibility index (Phi) is 7.27. The number of aromatic amines is 1. The van der Waals surface area contributed by atoms with Gasteiger partial charge in [0.25, 0.3) is 5.56 Å². The Balaban J connectivity index is 1.60. The zero-order valence-electron chi connectivity index (χ0n) is 19.1. The molecule has 0 atom stereocenters. The molecule has 0 unspecified atom stereocenters. The first-order chi connectivity index (χ1) is 16.5. The standard InChI is InChI=1S/C26H26N4O3S/c1-3-4-14-30-25(33)24-23(21(15-27-24)19-8-6-5-7-9-19)29-26(30)34-16-22(32)28-20-12-10-18(11-13-20)17(2)31/h5-13,15,27H,3-4,14,16H2,1-2H3,(H,28,32). The van der Waals surface area contributed by atoms with Gasteiger partial charge in [-0.2, -0.15) is 0 Å². The second-order valence-corrected chi connectivity index (χ2v) is 8.91. The zero-order chi connectivity index (χ0) is 24.1. The number of Topliss-reactive ketones (excluding diaryl/α,β-unsaturated/α-hetero) is 1. The lowest BCUT2D eigenvalue weighted by molar-refractivity contribution is -0.113. The van der Waals surface area contributed by atoms with Crippen molar-refractivity contribution in [2.75, 3.05) is 11.1 Å². The van der Waals surface area contributed by atoms with Crippen molar-refractivity contribution in [3.8, 4) is 11.1 Å². The van der Waals surface area contributed by atoms with E-state index in [9.17, 15) is 14.4 Å². The van der Waals surface area contributed by atoms with E-state index in [0.717, 1.165) is 24.0 Å². The van der Waals surface area contributed by atoms with Crippen molar-refractivity contribution < 1.29 is 9.59 Å². The molecular formula is C26H26N4O3S. The third-order valence-electron chi connectivity index (χ3n) is 5.48. The fourth-order valence-electron chi connectivity index (χ4n) is 3.65. The number of rotatable bonds is 9. The fourth-order valence-corrected chi connectivity index (χ4v) is 4.47. The second-order valence-electron chi connectivity index (χ2n) is 7.97. The van der Waals surface area contributed by atoms with Crippen LogP contribution in [0.1, 0.15) is 37.0 Å². The number of nitrogens with one attached hydrogen (secondary N) is 2. The quantitative estimate of drug-likeness (QED) is 0.199. The average Bonchev–Trinajstić information content (AvgIpc) is 3.27. The summed E-state index contributed by atoms with van der Waals surface area (Å²) >= 11 is 1.24. The number of carbonyl (C=O) groups excluding carboxylic acids is 2. The lowest BCUT2D eigenvalue weighted by Gasteiger charge is -2.12. The van der Waals surface area contributed by atoms with Crippen molar-refractivity contribution in [3.63, 3.8) is 0 Å². The molecule has 0 bridgehead atoms. The molecule has 7 nitrogen and oxygen atoms in total. The SMILES string of the molecule is CCCCn1c(SCC(=O)Nc2ccc(C(C)=O)cc2)nc2c(-c3ccccc3)c[nH]c2c1=O. The first-order valence-corrected chi connectivity index (χ1v) is 12.2. The van der Waals surface area contributed by atoms with Gasteiger partial charge in [-0.15, -0.1) is 0 Å². The lowest BCUT2D eigenvalue weighted by atomic mass is 10.1. The van der Waals surface area contributed by atoms with Crippen LogP contribution in [0.5, 0.6) is 0 Å². The molecule has 2 N–H and O–H groups in total. The first kappa shape index (κ1) is 23.5. The lowest BCUT2D eigenvalue weighted by Crippen LogP contribution is -2.24. The van der Waals surface area contributed by atoms with Gasteiger partial charge in [-0.3, -0.25) is 19.0 Å². The highest BCUT2D eigenvalue weighted by Gasteiger charge is 2.17. The summed E-state index contributed by atoms with van der Waals surface area (Å²) in [6, 6.07) is 16.5. The number of fused-ring (bicyclic) bond motifs is 1. The van der Waals surface area contributed by atoms with Gasteiger partial charge >= 0.3 is 0 Å². The second kappa shape index (κ2) is 10.5. The van der Waals surface area contributed by atoms with Crippen LogP contribution in [0.2, 0.25) is 0 Å². The van der Waals surface area contributed by atoms with Crippen LogP contribution in [0.25, 0.3) is 22.2 Å². The minimum Gasteiger partial charge on any atom is -0.355 e. The Morgan fingerprint density at radius 2 is 1.82 bits per heavy atom. The van der Waals surface area contributed by atoms with E-state index in [-0.39, 0.29) is 23.0 Å². The molecule has 8 heteroatoms. The van der Waals surface area contributed by atoms with Gasteiger partial charge < -0.3 is 10.3 Å². The first-order valence-electron chi connectivity index (χ1n) is 11.2. The highest BCUT2D eigenvalue weighted by Crippen LogP contribution is 2.28. The third kappa shape index (κ3) is 5.12. The van der Waals surface area contributed by atoms with Gasteiger partial charge in [0.05, 0.1) is 5.75 Å². The molecule has 0 aliphatic heterocycles. The van der Waals surface area contributed by atoms with Gasteiger partial charge in [0.1, 0.15) is 11.0 Å². The van der Waals surface area contributed by atoms with E-state index in [0.29, 0.717) is 34.0 Å². The molecule has 34 heavy (non-hydrogen) atoms. The molecule has 174 valence electrons. The number of unbranched alkanes of at least 4 members (excludes halogenated alkanes) is 1. The normalized spacial score (nSPS) is 11.0. The fraction of sp³-hybridized carbons (Fsp3) is 0.231. The number of nitrogens with zero attached hydrogens (tertiary/aromatic N) is 2. The minimum atomic E-state index is -0.214. The molecule has 4 aromatic rings. The molecule has 0 fully saturated rings. The number of hydrogen-bond acceptors (Lipinski definition) is 5. The summed E-state index contributed by atoms with van der Waals surface area (Å²) in [6.45, 7) is 4.10. The Morgan fingerprint density at radius 1 is 1.09 bits per heavy atom. The van der Waals surface area contributed by atoms with Gasteiger partial charge in [-0.25, -0.2) is 4.98 Å². The molecule has 2 aromatic heterocycles. The van der Waals surface area contributed by atoms with Crippen LogP contribution in [0, 0.1) is 0 Å². The van der Waals surface area contributed by atoms with Gasteiger partial charge in [-0.05, 0) is 43.2 Å². The topological polar surface area (TPSA) is 96.8 Å². The van der Waals surface area contributed by atoms with Crippen LogP contribution < -0.4 is 10.9 Å². The number of thioether (sulfide) groups is 1. The molecule has 4 rings (SSSR count). The van der Waals surface area contributed by atoms with E-state index in [1.165, 1.54) is 18.7 Å². The molecule has 0 radical (unpaired) electrons. The van der Waals surface area contributed by atoms with Crippen LogP contribution in [-0.2, 0) is 11.3 Å². The Hall–Kier alpha value is -3.65. The van der Waals surface area contributed by atoms with Crippen molar-refractivity contribution in [2.45, 2.75) is 38.4 Å². The van der Waals surface area contributed by atoms with Crippen molar-refractivity contribution in [1.29, 1.82) is 0 Å². The molecule has 0 saturated carbocycles. The number of benzene rings is 2. The van der Waals surface area contributed by atoms with Crippen molar-refractivity contribution in [3.05, 3.63) is 76.7 Å². The molecule has 0 spiro atoms. The number of aromatic nitrogens is 3. The summed E-state index contributed by atoms with van der Waals surface area (Å²) in [6.07, 6.45) is 3.58. The van der Waals surface area contributed by atoms with Crippen LogP contribution in [0.3, 0.4) is 0 Å². The van der Waals surface area contributed by atoms with Gasteiger partial charge in [0, 0.05) is 29.6 Å². The maximum atomic E-state index is 13.3. The highest BCUT2D eigenvalue weighted by atomic mass is 32.2. The van der Waals surface area contributed by atoms with Gasteiger partial charge in [-0.1, -0.05) is 55.4 Å². The molecule has 0 aliphatic rings. The Labute approximate surface area is 201 Å². The number of anilines is 1. The van der Waals surface area contributed by atoms with Crippen LogP contribution in [0.15, 0.2) is 70.7 Å². The van der Waals surface area contributed by atoms with E-state index in [1.807, 2.05) is 36.5 Å². The maximum absolute atomic E-state index is 13.3. The third-order valence-corrected chi connectivity index (χ3v) is 6.45. The molecule has 0 saturated heterocycles. The van der Waals surface area contributed by atoms with E-state index < -0.39 is 0 Å². The smallest absolute Gasteiger partial charge is 0.278 e. The van der Waals surface area contributed by atoms with Crippen LogP contribution >= 0.6 is 11.8 Å². The minimum absolute atomic E-state index is 0.0282. The highest BCUT2D eigenvalue weighted by molar-refractivity contribution is 7.99. The number of hydrogen-bond donors (Lipinski definition) is 2. The molecular weight excluding hydrogens is 448 g/mol. The Morgan fingerprint density at radius 3 is 2.50 bits per heavy atom. The van der Waals surface area contributed by atoms with Crippen LogP contribution in [0.4, 0.5) is 5.69 Å². The summed E-state index contributed by atoms with van der Waals surface area (Å²) in [5.74, 6) is -0.141. The predicted octanol–water partition coefficient (Wildman–Crippen LogP) is 5.13. The summed E-state index contributed by atoms with van der Waals surface area (Å²) in [4.78, 5) is 45.2. The Bertz CT molecular complexity index is 1380. The molecule has 1 amide bonds. The summed E-state index contributed by atoms with van der Waals surface area (Å²) in [7, 11) is 0. The van der Waals surface area contributed by atoms with Crippen LogP contribution in [-0.4, -0.2) is 32.0 Å². The van der Waals surface area contributed by atoms with Crippen molar-refractivity contribution >= 4 is 40.2 Å². The van der Waals surface area contributed by atoms with Gasteiger partial charge in [0.2, 0.25) is 5.91 Å². The summed E-state index contributed by atoms with van der Waals surface area (Å²) in [5, 5.41) is 3.35. The monoisotopic (exact) mass is 474 g/mol. The van der Waals surface area contributed by atoms with Gasteiger partial charge in [0.15, 0.2) is 10.9 Å². The van der Waals surface area contributed by atoms with Crippen molar-refractivity contribution in [1.82, 2.24) is 14.5 Å². The molecule has 2 heterocycles. The number of carbonyl (C=O) groups is 2. The largest absolute Gasteiger partial charge is 0.355 e. The summed E-state index contributed by atoms with van der Waals surface area (Å²) in [5.41, 5.74) is 3.95. The maximum Gasteiger partial charge on any atom is 0.278 e. The number of amides is 1. The zero-order valence-corrected chi connectivity index (χ0v) is 19.9. The molecule has 2 aromatic carbocycles. The van der Waals surface area contributed by atoms with E-state index in [1.54, 1.807) is 28.8 Å².